The van der Waals surface area contributed by atoms with Crippen LogP contribution in [0.4, 0.5) is 20.2 Å². The molecule has 2 aromatic carbocycles. The number of anilines is 2. The van der Waals surface area contributed by atoms with Crippen molar-refractivity contribution in [2.24, 2.45) is 5.73 Å². The van der Waals surface area contributed by atoms with E-state index in [1.165, 1.54) is 17.0 Å². The van der Waals surface area contributed by atoms with Gasteiger partial charge < -0.3 is 15.4 Å². The summed E-state index contributed by atoms with van der Waals surface area (Å²) >= 11 is 4.68. The van der Waals surface area contributed by atoms with Crippen molar-refractivity contribution in [3.05, 3.63) is 53.6 Å². The Balaban J connectivity index is 2.41. The second-order valence-electron chi connectivity index (χ2n) is 4.38. The highest BCUT2D eigenvalue weighted by Crippen LogP contribution is 2.30. The maximum atomic E-state index is 14.1. The highest BCUT2D eigenvalue weighted by Gasteiger charge is 2.18. The van der Waals surface area contributed by atoms with Crippen LogP contribution in [-0.4, -0.2) is 19.1 Å². The second kappa shape index (κ2) is 6.05. The third-order valence-corrected chi connectivity index (χ3v) is 3.37. The van der Waals surface area contributed by atoms with Crippen LogP contribution in [0.3, 0.4) is 0 Å². The summed E-state index contributed by atoms with van der Waals surface area (Å²) in [5, 5.41) is 0. The third kappa shape index (κ3) is 2.95. The molecule has 0 fully saturated rings. The summed E-state index contributed by atoms with van der Waals surface area (Å²) in [6.45, 7) is 0. The molecule has 0 saturated carbocycles. The van der Waals surface area contributed by atoms with E-state index < -0.39 is 11.6 Å². The molecule has 2 aromatic rings. The number of benzene rings is 2. The molecule has 0 heterocycles. The molecule has 0 unspecified atom stereocenters. The van der Waals surface area contributed by atoms with Crippen LogP contribution in [0, 0.1) is 11.6 Å². The van der Waals surface area contributed by atoms with Gasteiger partial charge in [0.25, 0.3) is 0 Å². The second-order valence-corrected chi connectivity index (χ2v) is 4.82. The minimum Gasteiger partial charge on any atom is -0.497 e. The van der Waals surface area contributed by atoms with Gasteiger partial charge in [-0.1, -0.05) is 12.2 Å². The van der Waals surface area contributed by atoms with Crippen LogP contribution in [0.5, 0.6) is 5.75 Å². The number of hydrogen-bond donors (Lipinski definition) is 1. The lowest BCUT2D eigenvalue weighted by Gasteiger charge is -2.21. The van der Waals surface area contributed by atoms with Crippen molar-refractivity contribution in [2.75, 3.05) is 19.1 Å². The maximum Gasteiger partial charge on any atom is 0.183 e. The number of nitrogens with zero attached hydrogens (tertiary/aromatic N) is 1. The third-order valence-electron chi connectivity index (χ3n) is 3.15. The van der Waals surface area contributed by atoms with Crippen molar-refractivity contribution in [2.45, 2.75) is 0 Å². The van der Waals surface area contributed by atoms with E-state index in [0.717, 1.165) is 0 Å². The zero-order chi connectivity index (χ0) is 15.6. The summed E-state index contributed by atoms with van der Waals surface area (Å²) in [6, 6.07) is 9.79. The predicted octanol–water partition coefficient (Wildman–Crippen LogP) is 3.38. The fourth-order valence-corrected chi connectivity index (χ4v) is 2.09. The SMILES string of the molecule is COc1ccc(N(C)c2ccc(C(N)=S)c(F)c2F)cc1. The van der Waals surface area contributed by atoms with Gasteiger partial charge in [-0.05, 0) is 36.4 Å². The molecule has 2 N–H and O–H groups in total. The van der Waals surface area contributed by atoms with E-state index >= 15 is 0 Å². The molecular formula is C15H14F2N2OS. The van der Waals surface area contributed by atoms with Crippen molar-refractivity contribution in [3.63, 3.8) is 0 Å². The van der Waals surface area contributed by atoms with Crippen LogP contribution in [0.2, 0.25) is 0 Å². The first-order valence-corrected chi connectivity index (χ1v) is 6.52. The molecule has 0 spiro atoms. The normalized spacial score (nSPS) is 10.3. The summed E-state index contributed by atoms with van der Waals surface area (Å²) in [7, 11) is 3.20. The smallest absolute Gasteiger partial charge is 0.183 e. The summed E-state index contributed by atoms with van der Waals surface area (Å²) in [6.07, 6.45) is 0. The number of rotatable bonds is 4. The molecule has 0 bridgehead atoms. The molecule has 3 nitrogen and oxygen atoms in total. The standard InChI is InChI=1S/C15H14F2N2OS/c1-19(9-3-5-10(20-2)6-4-9)12-8-7-11(15(18)21)13(16)14(12)17/h3-8H,1-2H3,(H2,18,21). The monoisotopic (exact) mass is 308 g/mol. The summed E-state index contributed by atoms with van der Waals surface area (Å²) < 4.78 is 33.1. The van der Waals surface area contributed by atoms with E-state index in [1.807, 2.05) is 0 Å². The van der Waals surface area contributed by atoms with Gasteiger partial charge in [-0.25, -0.2) is 8.78 Å². The lowest BCUT2D eigenvalue weighted by atomic mass is 10.1. The van der Waals surface area contributed by atoms with E-state index in [1.54, 1.807) is 38.4 Å². The molecule has 0 amide bonds. The van der Waals surface area contributed by atoms with Crippen molar-refractivity contribution in [1.82, 2.24) is 0 Å². The lowest BCUT2D eigenvalue weighted by Crippen LogP contribution is -2.16. The van der Waals surface area contributed by atoms with Gasteiger partial charge in [-0.3, -0.25) is 0 Å². The molecule has 0 aliphatic carbocycles. The fraction of sp³-hybridized carbons (Fsp3) is 0.133. The van der Waals surface area contributed by atoms with Crippen molar-refractivity contribution >= 4 is 28.6 Å². The first-order valence-electron chi connectivity index (χ1n) is 6.11. The van der Waals surface area contributed by atoms with Crippen LogP contribution < -0.4 is 15.4 Å². The average molecular weight is 308 g/mol. The van der Waals surface area contributed by atoms with Crippen LogP contribution in [0.1, 0.15) is 5.56 Å². The van der Waals surface area contributed by atoms with Crippen LogP contribution in [0.25, 0.3) is 0 Å². The summed E-state index contributed by atoms with van der Waals surface area (Å²) in [5.41, 5.74) is 6.03. The van der Waals surface area contributed by atoms with Crippen molar-refractivity contribution in [3.8, 4) is 5.75 Å². The number of thiocarbonyl (C=S) groups is 1. The topological polar surface area (TPSA) is 38.5 Å². The highest BCUT2D eigenvalue weighted by atomic mass is 32.1. The van der Waals surface area contributed by atoms with Gasteiger partial charge in [0, 0.05) is 18.3 Å². The van der Waals surface area contributed by atoms with Gasteiger partial charge >= 0.3 is 0 Å². The Bertz CT molecular complexity index is 674. The Morgan fingerprint density at radius 1 is 1.10 bits per heavy atom. The van der Waals surface area contributed by atoms with Crippen molar-refractivity contribution in [1.29, 1.82) is 0 Å². The molecule has 0 radical (unpaired) electrons. The molecule has 0 aromatic heterocycles. The summed E-state index contributed by atoms with van der Waals surface area (Å²) in [5.74, 6) is -1.35. The molecule has 110 valence electrons. The minimum absolute atomic E-state index is 0.0951. The zero-order valence-electron chi connectivity index (χ0n) is 11.6. The molecule has 0 atom stereocenters. The fourth-order valence-electron chi connectivity index (χ4n) is 1.93. The minimum atomic E-state index is -1.04. The Hall–Kier alpha value is -2.21. The Kier molecular flexibility index (Phi) is 4.37. The summed E-state index contributed by atoms with van der Waals surface area (Å²) in [4.78, 5) is 1.35. The lowest BCUT2D eigenvalue weighted by molar-refractivity contribution is 0.415. The molecule has 0 saturated heterocycles. The molecule has 6 heteroatoms. The number of ether oxygens (including phenoxy) is 1. The van der Waals surface area contributed by atoms with Gasteiger partial charge in [-0.2, -0.15) is 0 Å². The Morgan fingerprint density at radius 3 is 2.24 bits per heavy atom. The average Bonchev–Trinajstić information content (AvgIpc) is 2.49. The Labute approximate surface area is 126 Å². The van der Waals surface area contributed by atoms with Gasteiger partial charge in [0.1, 0.15) is 10.7 Å². The van der Waals surface area contributed by atoms with E-state index in [-0.39, 0.29) is 16.2 Å². The van der Waals surface area contributed by atoms with Crippen LogP contribution in [0.15, 0.2) is 36.4 Å². The van der Waals surface area contributed by atoms with Gasteiger partial charge in [-0.15, -0.1) is 0 Å². The number of hydrogen-bond acceptors (Lipinski definition) is 3. The predicted molar refractivity (Wildman–Crippen MR) is 83.3 cm³/mol. The molecule has 0 aliphatic heterocycles. The number of nitrogens with two attached hydrogens (primary N) is 1. The first-order chi connectivity index (χ1) is 9.95. The molecule has 0 aliphatic rings. The van der Waals surface area contributed by atoms with E-state index in [2.05, 4.69) is 12.2 Å². The molecular weight excluding hydrogens is 294 g/mol. The van der Waals surface area contributed by atoms with E-state index in [4.69, 9.17) is 10.5 Å². The van der Waals surface area contributed by atoms with Crippen molar-refractivity contribution < 1.29 is 13.5 Å². The Morgan fingerprint density at radius 2 is 1.71 bits per heavy atom. The molecule has 21 heavy (non-hydrogen) atoms. The highest BCUT2D eigenvalue weighted by molar-refractivity contribution is 7.80. The largest absolute Gasteiger partial charge is 0.497 e. The quantitative estimate of drug-likeness (QED) is 0.879. The zero-order valence-corrected chi connectivity index (χ0v) is 12.4. The van der Waals surface area contributed by atoms with Crippen LogP contribution in [-0.2, 0) is 0 Å². The first kappa shape index (κ1) is 15.2. The van der Waals surface area contributed by atoms with Gasteiger partial charge in [0.2, 0.25) is 0 Å². The van der Waals surface area contributed by atoms with E-state index in [0.29, 0.717) is 11.4 Å². The van der Waals surface area contributed by atoms with Crippen LogP contribution >= 0.6 is 12.2 Å². The van der Waals surface area contributed by atoms with Gasteiger partial charge in [0.05, 0.1) is 12.8 Å². The van der Waals surface area contributed by atoms with E-state index in [9.17, 15) is 8.78 Å². The maximum absolute atomic E-state index is 14.1. The number of halogens is 2. The van der Waals surface area contributed by atoms with Gasteiger partial charge in [0.15, 0.2) is 11.6 Å². The molecule has 2 rings (SSSR count). The number of methoxy groups -OCH3 is 1.